The minimum atomic E-state index is -0.385. The fourth-order valence-electron chi connectivity index (χ4n) is 3.87. The Hall–Kier alpha value is -2.82. The highest BCUT2D eigenvalue weighted by atomic mass is 16.6. The third-order valence-corrected chi connectivity index (χ3v) is 5.68. The number of ether oxygens (including phenoxy) is 1. The molecule has 10 heteroatoms. The predicted octanol–water partition coefficient (Wildman–Crippen LogP) is 1.81. The lowest BCUT2D eigenvalue weighted by molar-refractivity contribution is -0.384. The highest BCUT2D eigenvalue weighted by Gasteiger charge is 2.21. The molecule has 1 atom stereocenters. The maximum absolute atomic E-state index is 12.2. The predicted molar refractivity (Wildman–Crippen MR) is 111 cm³/mol. The Kier molecular flexibility index (Phi) is 6.90. The number of rotatable bonds is 8. The molecule has 0 aliphatic carbocycles. The van der Waals surface area contributed by atoms with E-state index in [9.17, 15) is 14.9 Å². The summed E-state index contributed by atoms with van der Waals surface area (Å²) in [4.78, 5) is 31.5. The van der Waals surface area contributed by atoms with Gasteiger partial charge in [0, 0.05) is 58.0 Å². The van der Waals surface area contributed by atoms with Gasteiger partial charge in [-0.15, -0.1) is 0 Å². The summed E-state index contributed by atoms with van der Waals surface area (Å²) >= 11 is 0. The number of nitrogens with one attached hydrogen (secondary N) is 1. The van der Waals surface area contributed by atoms with Crippen LogP contribution in [0.1, 0.15) is 34.8 Å². The molecule has 166 valence electrons. The molecule has 4 rings (SSSR count). The second kappa shape index (κ2) is 9.99. The van der Waals surface area contributed by atoms with E-state index in [0.717, 1.165) is 57.7 Å². The van der Waals surface area contributed by atoms with Gasteiger partial charge in [-0.3, -0.25) is 24.7 Å². The van der Waals surface area contributed by atoms with E-state index in [1.54, 1.807) is 12.1 Å². The van der Waals surface area contributed by atoms with Gasteiger partial charge in [-0.1, -0.05) is 12.1 Å². The molecular formula is C21H27N5O5. The van der Waals surface area contributed by atoms with Gasteiger partial charge in [-0.2, -0.15) is 0 Å². The van der Waals surface area contributed by atoms with Crippen LogP contribution >= 0.6 is 0 Å². The number of nitro benzene ring substituents is 1. The molecule has 0 radical (unpaired) electrons. The number of carbonyl (C=O) groups excluding carboxylic acids is 1. The van der Waals surface area contributed by atoms with Crippen molar-refractivity contribution >= 4 is 11.6 Å². The van der Waals surface area contributed by atoms with Gasteiger partial charge >= 0.3 is 0 Å². The van der Waals surface area contributed by atoms with Gasteiger partial charge in [0.25, 0.3) is 11.6 Å². The summed E-state index contributed by atoms with van der Waals surface area (Å²) in [6.45, 7) is 6.06. The minimum Gasteiger partial charge on any atom is -0.447 e. The molecule has 10 nitrogen and oxygen atoms in total. The molecule has 2 fully saturated rings. The molecular weight excluding hydrogens is 402 g/mol. The van der Waals surface area contributed by atoms with Gasteiger partial charge in [0.1, 0.15) is 6.26 Å². The van der Waals surface area contributed by atoms with Crippen molar-refractivity contribution in [1.29, 1.82) is 0 Å². The van der Waals surface area contributed by atoms with Crippen LogP contribution in [0.4, 0.5) is 5.69 Å². The number of hydrogen-bond donors (Lipinski definition) is 1. The van der Waals surface area contributed by atoms with E-state index in [2.05, 4.69) is 20.1 Å². The van der Waals surface area contributed by atoms with Gasteiger partial charge in [0.05, 0.1) is 17.6 Å². The molecule has 0 bridgehead atoms. The topological polar surface area (TPSA) is 114 Å². The Labute approximate surface area is 180 Å². The quantitative estimate of drug-likeness (QED) is 0.499. The fourth-order valence-corrected chi connectivity index (χ4v) is 3.87. The number of benzene rings is 1. The van der Waals surface area contributed by atoms with Crippen LogP contribution in [0, 0.1) is 10.1 Å². The van der Waals surface area contributed by atoms with Crippen LogP contribution in [-0.2, 0) is 17.8 Å². The first-order chi connectivity index (χ1) is 15.1. The number of carbonyl (C=O) groups is 1. The van der Waals surface area contributed by atoms with Crippen LogP contribution < -0.4 is 5.32 Å². The molecule has 3 heterocycles. The Morgan fingerprint density at radius 1 is 1.16 bits per heavy atom. The molecule has 0 saturated carbocycles. The smallest absolute Gasteiger partial charge is 0.273 e. The second-order valence-corrected chi connectivity index (χ2v) is 7.95. The number of hydrogen-bond acceptors (Lipinski definition) is 8. The highest BCUT2D eigenvalue weighted by Crippen LogP contribution is 2.16. The molecule has 1 aromatic heterocycles. The molecule has 31 heavy (non-hydrogen) atoms. The van der Waals surface area contributed by atoms with Gasteiger partial charge in [0.15, 0.2) is 5.69 Å². The lowest BCUT2D eigenvalue weighted by Crippen LogP contribution is -2.45. The van der Waals surface area contributed by atoms with E-state index in [1.807, 2.05) is 12.1 Å². The maximum Gasteiger partial charge on any atom is 0.273 e. The van der Waals surface area contributed by atoms with Crippen LogP contribution in [0.3, 0.4) is 0 Å². The van der Waals surface area contributed by atoms with Crippen molar-refractivity contribution in [3.8, 4) is 0 Å². The molecule has 2 saturated heterocycles. The van der Waals surface area contributed by atoms with Crippen LogP contribution in [0.2, 0.25) is 0 Å². The largest absolute Gasteiger partial charge is 0.447 e. The normalized spacial score (nSPS) is 20.1. The first kappa shape index (κ1) is 21.4. The summed E-state index contributed by atoms with van der Waals surface area (Å²) in [5.74, 6) is 0.296. The lowest BCUT2D eigenvalue weighted by Gasteiger charge is -2.34. The number of aromatic nitrogens is 1. The fraction of sp³-hybridized carbons (Fsp3) is 0.524. The van der Waals surface area contributed by atoms with E-state index in [0.29, 0.717) is 24.7 Å². The number of non-ortho nitro benzene ring substituents is 1. The molecule has 2 aliphatic heterocycles. The second-order valence-electron chi connectivity index (χ2n) is 7.95. The average Bonchev–Trinajstić information content (AvgIpc) is 3.46. The summed E-state index contributed by atoms with van der Waals surface area (Å²) in [7, 11) is 0. The minimum absolute atomic E-state index is 0.0950. The first-order valence-electron chi connectivity index (χ1n) is 10.6. The third kappa shape index (κ3) is 5.87. The monoisotopic (exact) mass is 429 g/mol. The zero-order valence-electron chi connectivity index (χ0n) is 17.4. The summed E-state index contributed by atoms with van der Waals surface area (Å²) in [6.07, 6.45) is 3.51. The molecule has 2 aromatic rings. The van der Waals surface area contributed by atoms with Crippen LogP contribution in [0.5, 0.6) is 0 Å². The standard InChI is InChI=1S/C21H27N5O5/c27-21(22-12-18-2-1-11-30-18)19-15-31-20(23-19)14-25-9-7-24(8-10-25)13-16-3-5-17(6-4-16)26(28)29/h3-6,15,18H,1-2,7-14H2,(H,22,27). The van der Waals surface area contributed by atoms with Crippen molar-refractivity contribution in [3.05, 3.63) is 57.8 Å². The highest BCUT2D eigenvalue weighted by molar-refractivity contribution is 5.91. The zero-order valence-corrected chi connectivity index (χ0v) is 17.4. The van der Waals surface area contributed by atoms with Crippen molar-refractivity contribution in [2.75, 3.05) is 39.3 Å². The molecule has 1 amide bonds. The maximum atomic E-state index is 12.2. The van der Waals surface area contributed by atoms with Crippen molar-refractivity contribution < 1.29 is 18.9 Å². The Morgan fingerprint density at radius 3 is 2.52 bits per heavy atom. The lowest BCUT2D eigenvalue weighted by atomic mass is 10.2. The van der Waals surface area contributed by atoms with Crippen LogP contribution in [0.15, 0.2) is 34.9 Å². The number of oxazole rings is 1. The zero-order chi connectivity index (χ0) is 21.6. The van der Waals surface area contributed by atoms with Crippen LogP contribution in [0.25, 0.3) is 0 Å². The van der Waals surface area contributed by atoms with Gasteiger partial charge in [-0.25, -0.2) is 4.98 Å². The van der Waals surface area contributed by atoms with E-state index in [-0.39, 0.29) is 22.6 Å². The Bertz CT molecular complexity index is 886. The molecule has 0 spiro atoms. The Morgan fingerprint density at radius 2 is 1.87 bits per heavy atom. The number of nitrogens with zero attached hydrogens (tertiary/aromatic N) is 4. The molecule has 1 unspecified atom stereocenters. The van der Waals surface area contributed by atoms with E-state index in [1.165, 1.54) is 6.26 Å². The third-order valence-electron chi connectivity index (χ3n) is 5.68. The summed E-state index contributed by atoms with van der Waals surface area (Å²) in [5.41, 5.74) is 1.47. The number of nitro groups is 1. The van der Waals surface area contributed by atoms with Crippen molar-refractivity contribution in [3.63, 3.8) is 0 Å². The summed E-state index contributed by atoms with van der Waals surface area (Å²) < 4.78 is 11.0. The van der Waals surface area contributed by atoms with Crippen LogP contribution in [-0.4, -0.2) is 71.0 Å². The van der Waals surface area contributed by atoms with Crippen molar-refractivity contribution in [1.82, 2.24) is 20.1 Å². The Balaban J connectivity index is 1.20. The SMILES string of the molecule is O=C(NCC1CCCO1)c1coc(CN2CCN(Cc3ccc([N+](=O)[O-])cc3)CC2)n1. The van der Waals surface area contributed by atoms with Gasteiger partial charge in [0.2, 0.25) is 5.89 Å². The average molecular weight is 429 g/mol. The van der Waals surface area contributed by atoms with Gasteiger partial charge in [-0.05, 0) is 18.4 Å². The van der Waals surface area contributed by atoms with Gasteiger partial charge < -0.3 is 14.5 Å². The number of amides is 1. The van der Waals surface area contributed by atoms with E-state index < -0.39 is 0 Å². The number of piperazine rings is 1. The van der Waals surface area contributed by atoms with Crippen molar-refractivity contribution in [2.24, 2.45) is 0 Å². The molecule has 1 aromatic carbocycles. The molecule has 1 N–H and O–H groups in total. The van der Waals surface area contributed by atoms with E-state index >= 15 is 0 Å². The van der Waals surface area contributed by atoms with Crippen molar-refractivity contribution in [2.45, 2.75) is 32.0 Å². The summed E-state index contributed by atoms with van der Waals surface area (Å²) in [6, 6.07) is 6.71. The molecule has 2 aliphatic rings. The summed E-state index contributed by atoms with van der Waals surface area (Å²) in [5, 5.41) is 13.6. The first-order valence-corrected chi connectivity index (χ1v) is 10.6. The van der Waals surface area contributed by atoms with E-state index in [4.69, 9.17) is 9.15 Å².